The van der Waals surface area contributed by atoms with E-state index in [4.69, 9.17) is 0 Å². The fourth-order valence-corrected chi connectivity index (χ4v) is 1.03. The summed E-state index contributed by atoms with van der Waals surface area (Å²) in [4.78, 5) is 15.8. The number of rotatable bonds is 2. The summed E-state index contributed by atoms with van der Waals surface area (Å²) in [7, 11) is 1.42. The average molecular weight is 239 g/mol. The number of carbonyl (C=O) groups is 1. The Morgan fingerprint density at radius 2 is 1.59 bits per heavy atom. The molecule has 0 aliphatic heterocycles. The predicted octanol–water partition coefficient (Wildman–Crippen LogP) is 3.65. The number of aryl methyl sites for hydroxylation is 2. The maximum Gasteiger partial charge on any atom is 0.274 e. The van der Waals surface area contributed by atoms with Gasteiger partial charge in [-0.2, -0.15) is 0 Å². The first-order chi connectivity index (χ1) is 8.15. The zero-order valence-corrected chi connectivity index (χ0v) is 12.0. The van der Waals surface area contributed by atoms with Crippen molar-refractivity contribution in [1.82, 2.24) is 5.48 Å². The molecule has 1 rings (SSSR count). The van der Waals surface area contributed by atoms with Crippen molar-refractivity contribution in [1.29, 1.82) is 0 Å². The molecular weight excluding hydrogens is 214 g/mol. The number of carbonyl (C=O) groups excluding carboxylic acids is 1. The number of hydroxylamine groups is 1. The SMILES string of the molecule is CC.CC.CONC(=O)c1ccc(C)c(C)c1. The summed E-state index contributed by atoms with van der Waals surface area (Å²) in [5.41, 5.74) is 5.16. The highest BCUT2D eigenvalue weighted by Gasteiger charge is 2.04. The Hall–Kier alpha value is -1.35. The van der Waals surface area contributed by atoms with E-state index in [1.807, 2.05) is 53.7 Å². The molecule has 0 bridgehead atoms. The number of benzene rings is 1. The van der Waals surface area contributed by atoms with E-state index in [0.717, 1.165) is 5.56 Å². The van der Waals surface area contributed by atoms with Gasteiger partial charge in [-0.25, -0.2) is 5.48 Å². The van der Waals surface area contributed by atoms with Crippen LogP contribution in [0, 0.1) is 13.8 Å². The molecule has 0 unspecified atom stereocenters. The molecule has 3 heteroatoms. The van der Waals surface area contributed by atoms with Gasteiger partial charge in [-0.3, -0.25) is 9.63 Å². The summed E-state index contributed by atoms with van der Waals surface area (Å²) in [5, 5.41) is 0. The highest BCUT2D eigenvalue weighted by Crippen LogP contribution is 2.09. The molecule has 0 fully saturated rings. The average Bonchev–Trinajstić information content (AvgIpc) is 2.38. The third-order valence-corrected chi connectivity index (χ3v) is 1.96. The van der Waals surface area contributed by atoms with Gasteiger partial charge in [0.05, 0.1) is 7.11 Å². The molecule has 0 saturated heterocycles. The molecule has 17 heavy (non-hydrogen) atoms. The molecule has 1 aromatic carbocycles. The van der Waals surface area contributed by atoms with E-state index in [9.17, 15) is 4.79 Å². The smallest absolute Gasteiger partial charge is 0.274 e. The number of amides is 1. The maximum atomic E-state index is 11.3. The van der Waals surface area contributed by atoms with Crippen LogP contribution in [-0.2, 0) is 4.84 Å². The van der Waals surface area contributed by atoms with Crippen molar-refractivity contribution in [3.8, 4) is 0 Å². The standard InChI is InChI=1S/C10H13NO2.2C2H6/c1-7-4-5-9(6-8(7)2)10(12)11-13-3;2*1-2/h4-6H,1-3H3,(H,11,12);2*1-2H3. The van der Waals surface area contributed by atoms with E-state index in [-0.39, 0.29) is 5.91 Å². The monoisotopic (exact) mass is 239 g/mol. The van der Waals surface area contributed by atoms with Crippen molar-refractivity contribution in [2.24, 2.45) is 0 Å². The molecule has 0 aromatic heterocycles. The molecular formula is C14H25NO2. The lowest BCUT2D eigenvalue weighted by atomic mass is 10.1. The highest BCUT2D eigenvalue weighted by molar-refractivity contribution is 5.93. The number of nitrogens with one attached hydrogen (secondary N) is 1. The lowest BCUT2D eigenvalue weighted by Crippen LogP contribution is -2.21. The zero-order valence-electron chi connectivity index (χ0n) is 12.0. The van der Waals surface area contributed by atoms with Crippen molar-refractivity contribution in [3.63, 3.8) is 0 Å². The van der Waals surface area contributed by atoms with Gasteiger partial charge < -0.3 is 0 Å². The van der Waals surface area contributed by atoms with Crippen LogP contribution in [0.15, 0.2) is 18.2 Å². The molecule has 98 valence electrons. The van der Waals surface area contributed by atoms with E-state index in [0.29, 0.717) is 5.56 Å². The molecule has 0 atom stereocenters. The highest BCUT2D eigenvalue weighted by atomic mass is 16.6. The lowest BCUT2D eigenvalue weighted by Gasteiger charge is -2.04. The summed E-state index contributed by atoms with van der Waals surface area (Å²) < 4.78 is 0. The van der Waals surface area contributed by atoms with Crippen molar-refractivity contribution < 1.29 is 9.63 Å². The summed E-state index contributed by atoms with van der Waals surface area (Å²) in [6, 6.07) is 5.53. The van der Waals surface area contributed by atoms with Gasteiger partial charge in [0.1, 0.15) is 0 Å². The predicted molar refractivity (Wildman–Crippen MR) is 73.1 cm³/mol. The topological polar surface area (TPSA) is 38.3 Å². The Balaban J connectivity index is 0. The Morgan fingerprint density at radius 1 is 1.06 bits per heavy atom. The minimum atomic E-state index is -0.217. The molecule has 3 nitrogen and oxygen atoms in total. The molecule has 0 spiro atoms. The molecule has 1 N–H and O–H groups in total. The van der Waals surface area contributed by atoms with E-state index < -0.39 is 0 Å². The largest absolute Gasteiger partial charge is 0.277 e. The molecule has 1 amide bonds. The van der Waals surface area contributed by atoms with Gasteiger partial charge in [0.15, 0.2) is 0 Å². The number of hydrogen-bond donors (Lipinski definition) is 1. The minimum Gasteiger partial charge on any atom is -0.277 e. The van der Waals surface area contributed by atoms with Crippen LogP contribution in [0.5, 0.6) is 0 Å². The molecule has 1 aromatic rings. The summed E-state index contributed by atoms with van der Waals surface area (Å²) in [5.74, 6) is -0.217. The first-order valence-electron chi connectivity index (χ1n) is 6.05. The first-order valence-corrected chi connectivity index (χ1v) is 6.05. The third-order valence-electron chi connectivity index (χ3n) is 1.96. The third kappa shape index (κ3) is 6.74. The molecule has 0 aliphatic rings. The van der Waals surface area contributed by atoms with E-state index in [1.54, 1.807) is 6.07 Å². The van der Waals surface area contributed by atoms with Crippen LogP contribution in [-0.4, -0.2) is 13.0 Å². The second-order valence-corrected chi connectivity index (χ2v) is 2.93. The Bertz CT molecular complexity index is 322. The normalized spacial score (nSPS) is 8.18. The fraction of sp³-hybridized carbons (Fsp3) is 0.500. The van der Waals surface area contributed by atoms with Crippen LogP contribution in [0.2, 0.25) is 0 Å². The Labute approximate surface area is 105 Å². The van der Waals surface area contributed by atoms with Crippen LogP contribution in [0.4, 0.5) is 0 Å². The van der Waals surface area contributed by atoms with Gasteiger partial charge >= 0.3 is 0 Å². The van der Waals surface area contributed by atoms with Gasteiger partial charge in [-0.05, 0) is 37.1 Å². The quantitative estimate of drug-likeness (QED) is 0.800. The molecule has 0 aliphatic carbocycles. The van der Waals surface area contributed by atoms with Crippen LogP contribution in [0.25, 0.3) is 0 Å². The van der Waals surface area contributed by atoms with Crippen molar-refractivity contribution in [3.05, 3.63) is 34.9 Å². The van der Waals surface area contributed by atoms with Gasteiger partial charge in [-0.15, -0.1) is 0 Å². The number of hydrogen-bond acceptors (Lipinski definition) is 2. The fourth-order valence-electron chi connectivity index (χ4n) is 1.03. The molecule has 0 radical (unpaired) electrons. The van der Waals surface area contributed by atoms with E-state index >= 15 is 0 Å². The molecule has 0 saturated carbocycles. The van der Waals surface area contributed by atoms with Gasteiger partial charge in [-0.1, -0.05) is 33.8 Å². The van der Waals surface area contributed by atoms with Crippen LogP contribution in [0.3, 0.4) is 0 Å². The Kier molecular flexibility index (Phi) is 11.8. The summed E-state index contributed by atoms with van der Waals surface area (Å²) in [6.07, 6.45) is 0. The first kappa shape index (κ1) is 18.0. The minimum absolute atomic E-state index is 0.217. The van der Waals surface area contributed by atoms with Crippen molar-refractivity contribution in [2.75, 3.05) is 7.11 Å². The lowest BCUT2D eigenvalue weighted by molar-refractivity contribution is 0.0537. The Morgan fingerprint density at radius 3 is 2.00 bits per heavy atom. The zero-order chi connectivity index (χ0) is 13.8. The van der Waals surface area contributed by atoms with Crippen LogP contribution >= 0.6 is 0 Å². The van der Waals surface area contributed by atoms with Crippen LogP contribution < -0.4 is 5.48 Å². The van der Waals surface area contributed by atoms with E-state index in [2.05, 4.69) is 10.3 Å². The molecule has 0 heterocycles. The van der Waals surface area contributed by atoms with Crippen molar-refractivity contribution in [2.45, 2.75) is 41.5 Å². The maximum absolute atomic E-state index is 11.3. The van der Waals surface area contributed by atoms with Crippen molar-refractivity contribution >= 4 is 5.91 Å². The summed E-state index contributed by atoms with van der Waals surface area (Å²) in [6.45, 7) is 12.0. The van der Waals surface area contributed by atoms with Gasteiger partial charge in [0.2, 0.25) is 0 Å². The second-order valence-electron chi connectivity index (χ2n) is 2.93. The van der Waals surface area contributed by atoms with E-state index in [1.165, 1.54) is 12.7 Å². The van der Waals surface area contributed by atoms with Gasteiger partial charge in [0, 0.05) is 5.56 Å². The van der Waals surface area contributed by atoms with Crippen LogP contribution in [0.1, 0.15) is 49.2 Å². The second kappa shape index (κ2) is 11.1. The van der Waals surface area contributed by atoms with Gasteiger partial charge in [0.25, 0.3) is 5.91 Å². The summed E-state index contributed by atoms with van der Waals surface area (Å²) >= 11 is 0.